The fraction of sp³-hybridized carbons (Fsp3) is 0.286. The SMILES string of the molecule is C/C=C(\C(=O)N[C@@H]1C(=O)N2C(C(=O)[O-])=C(CSc3cc[n+](NC)cc3)CS[C@H]12)c1csc(N)n1. The number of carboxylic acids is 1. The van der Waals surface area contributed by atoms with Crippen molar-refractivity contribution in [1.29, 1.82) is 0 Å². The number of amides is 2. The molecule has 4 N–H and O–H groups in total. The molecule has 1 saturated heterocycles. The largest absolute Gasteiger partial charge is 0.543 e. The summed E-state index contributed by atoms with van der Waals surface area (Å²) < 4.78 is 1.78. The van der Waals surface area contributed by atoms with E-state index in [-0.39, 0.29) is 5.70 Å². The van der Waals surface area contributed by atoms with E-state index in [0.717, 1.165) is 4.90 Å². The van der Waals surface area contributed by atoms with E-state index in [1.54, 1.807) is 30.1 Å². The molecule has 0 saturated carbocycles. The number of nitrogens with zero attached hydrogens (tertiary/aromatic N) is 3. The number of thioether (sulfide) groups is 2. The third-order valence-electron chi connectivity index (χ3n) is 5.33. The quantitative estimate of drug-likeness (QED) is 0.187. The molecule has 0 aromatic carbocycles. The maximum Gasteiger partial charge on any atom is 0.253 e. The van der Waals surface area contributed by atoms with E-state index < -0.39 is 29.2 Å². The second-order valence-corrected chi connectivity index (χ2v) is 10.4. The Morgan fingerprint density at radius 2 is 2.15 bits per heavy atom. The van der Waals surface area contributed by atoms with Gasteiger partial charge in [-0.15, -0.1) is 34.9 Å². The van der Waals surface area contributed by atoms with Gasteiger partial charge in [0.25, 0.3) is 11.8 Å². The molecule has 2 aliphatic rings. The van der Waals surface area contributed by atoms with E-state index in [9.17, 15) is 19.5 Å². The zero-order valence-electron chi connectivity index (χ0n) is 18.3. The molecule has 178 valence electrons. The number of pyridine rings is 1. The number of β-lactam (4-membered cyclic amide) rings is 1. The van der Waals surface area contributed by atoms with Crippen molar-refractivity contribution in [1.82, 2.24) is 15.2 Å². The molecule has 2 atom stereocenters. The number of nitrogen functional groups attached to an aromatic ring is 1. The van der Waals surface area contributed by atoms with Crippen molar-refractivity contribution in [3.63, 3.8) is 0 Å². The van der Waals surface area contributed by atoms with Crippen LogP contribution in [0, 0.1) is 0 Å². The smallest absolute Gasteiger partial charge is 0.253 e. The van der Waals surface area contributed by atoms with Crippen molar-refractivity contribution >= 4 is 63.3 Å². The lowest BCUT2D eigenvalue weighted by Crippen LogP contribution is -2.71. The van der Waals surface area contributed by atoms with Crippen molar-refractivity contribution in [2.24, 2.45) is 0 Å². The second-order valence-electron chi connectivity index (χ2n) is 7.33. The molecule has 2 aliphatic heterocycles. The van der Waals surface area contributed by atoms with Gasteiger partial charge < -0.3 is 21.0 Å². The van der Waals surface area contributed by atoms with Gasteiger partial charge in [0.05, 0.1) is 30.0 Å². The van der Waals surface area contributed by atoms with Crippen LogP contribution in [0.25, 0.3) is 5.57 Å². The van der Waals surface area contributed by atoms with Crippen LogP contribution in [0.3, 0.4) is 0 Å². The van der Waals surface area contributed by atoms with E-state index in [2.05, 4.69) is 15.7 Å². The molecule has 0 bridgehead atoms. The van der Waals surface area contributed by atoms with Crippen LogP contribution in [0.5, 0.6) is 0 Å². The number of carboxylic acid groups (broad SMARTS) is 1. The fourth-order valence-electron chi connectivity index (χ4n) is 3.64. The molecular formula is C21H22N6O4S3. The molecule has 0 radical (unpaired) electrons. The summed E-state index contributed by atoms with van der Waals surface area (Å²) in [4.78, 5) is 44.0. The van der Waals surface area contributed by atoms with Gasteiger partial charge in [-0.2, -0.15) is 5.43 Å². The maximum absolute atomic E-state index is 12.9. The third kappa shape index (κ3) is 4.63. The van der Waals surface area contributed by atoms with Gasteiger partial charge in [-0.05, 0) is 12.5 Å². The van der Waals surface area contributed by atoms with Crippen molar-refractivity contribution in [3.8, 4) is 0 Å². The summed E-state index contributed by atoms with van der Waals surface area (Å²) >= 11 is 4.11. The topological polar surface area (TPSA) is 144 Å². The lowest BCUT2D eigenvalue weighted by molar-refractivity contribution is -0.647. The average molecular weight is 519 g/mol. The summed E-state index contributed by atoms with van der Waals surface area (Å²) in [5.41, 5.74) is 9.87. The zero-order chi connectivity index (χ0) is 24.4. The van der Waals surface area contributed by atoms with Crippen LogP contribution in [0.1, 0.15) is 12.6 Å². The second kappa shape index (κ2) is 10.1. The number of carbonyl (C=O) groups is 3. The average Bonchev–Trinajstić information content (AvgIpc) is 3.26. The van der Waals surface area contributed by atoms with Crippen LogP contribution >= 0.6 is 34.9 Å². The number of nitrogens with two attached hydrogens (primary N) is 1. The van der Waals surface area contributed by atoms with Crippen LogP contribution < -0.4 is 26.3 Å². The number of nitrogens with one attached hydrogen (secondary N) is 2. The van der Waals surface area contributed by atoms with Crippen molar-refractivity contribution in [2.75, 3.05) is 29.7 Å². The Balaban J connectivity index is 1.46. The van der Waals surface area contributed by atoms with E-state index in [4.69, 9.17) is 5.73 Å². The molecule has 2 amide bonds. The van der Waals surface area contributed by atoms with Crippen LogP contribution in [0.4, 0.5) is 5.13 Å². The number of allylic oxidation sites excluding steroid dienone is 1. The first-order valence-corrected chi connectivity index (χ1v) is 13.1. The van der Waals surface area contributed by atoms with Gasteiger partial charge in [0, 0.05) is 33.9 Å². The lowest BCUT2D eigenvalue weighted by Gasteiger charge is -2.50. The predicted octanol–water partition coefficient (Wildman–Crippen LogP) is -0.214. The van der Waals surface area contributed by atoms with E-state index in [1.807, 2.05) is 24.5 Å². The Labute approximate surface area is 208 Å². The Morgan fingerprint density at radius 1 is 1.41 bits per heavy atom. The van der Waals surface area contributed by atoms with Gasteiger partial charge in [-0.3, -0.25) is 14.5 Å². The van der Waals surface area contributed by atoms with E-state index in [0.29, 0.717) is 33.5 Å². The van der Waals surface area contributed by atoms with Crippen LogP contribution in [-0.2, 0) is 14.4 Å². The highest BCUT2D eigenvalue weighted by molar-refractivity contribution is 8.01. The van der Waals surface area contributed by atoms with Gasteiger partial charge in [0.2, 0.25) is 12.4 Å². The molecule has 2 aromatic rings. The van der Waals surface area contributed by atoms with Gasteiger partial charge in [-0.1, -0.05) is 10.8 Å². The Kier molecular flexibility index (Phi) is 7.14. The minimum Gasteiger partial charge on any atom is -0.543 e. The number of hydrogen-bond acceptors (Lipinski definition) is 10. The first kappa shape index (κ1) is 24.1. The van der Waals surface area contributed by atoms with Crippen LogP contribution in [0.15, 0.2) is 52.1 Å². The van der Waals surface area contributed by atoms with Crippen molar-refractivity contribution < 1.29 is 24.2 Å². The summed E-state index contributed by atoms with van der Waals surface area (Å²) in [6.07, 6.45) is 5.31. The number of anilines is 1. The fourth-order valence-corrected chi connectivity index (χ4v) is 6.57. The monoisotopic (exact) mass is 518 g/mol. The van der Waals surface area contributed by atoms with E-state index >= 15 is 0 Å². The van der Waals surface area contributed by atoms with Crippen LogP contribution in [0.2, 0.25) is 0 Å². The van der Waals surface area contributed by atoms with Gasteiger partial charge in [0.1, 0.15) is 11.4 Å². The molecule has 34 heavy (non-hydrogen) atoms. The predicted molar refractivity (Wildman–Crippen MR) is 130 cm³/mol. The number of aromatic nitrogens is 2. The molecule has 0 spiro atoms. The van der Waals surface area contributed by atoms with Gasteiger partial charge in [-0.25, -0.2) is 4.98 Å². The molecule has 2 aromatic heterocycles. The highest BCUT2D eigenvalue weighted by Crippen LogP contribution is 2.41. The summed E-state index contributed by atoms with van der Waals surface area (Å²) in [6, 6.07) is 2.99. The number of rotatable bonds is 8. The minimum absolute atomic E-state index is 0.105. The first-order chi connectivity index (χ1) is 16.3. The van der Waals surface area contributed by atoms with Crippen molar-refractivity contribution in [3.05, 3.63) is 52.9 Å². The Bertz CT molecular complexity index is 1190. The molecule has 0 unspecified atom stereocenters. The lowest BCUT2D eigenvalue weighted by atomic mass is 10.0. The van der Waals surface area contributed by atoms with Gasteiger partial charge >= 0.3 is 0 Å². The number of carbonyl (C=O) groups excluding carboxylic acids is 3. The summed E-state index contributed by atoms with van der Waals surface area (Å²) in [5, 5.41) is 16.2. The first-order valence-electron chi connectivity index (χ1n) is 10.2. The van der Waals surface area contributed by atoms with Gasteiger partial charge in [0.15, 0.2) is 5.13 Å². The highest BCUT2D eigenvalue weighted by Gasteiger charge is 2.53. The standard InChI is InChI=1S/C21H22N6O4S3/c1-3-13(14-10-34-21(22)24-14)17(28)25-15-18(29)27-16(20(30)31)11(9-33-19(15)27)8-32-12-4-6-26(23-2)7-5-12/h3-7,10,15,19,23H,8-9H2,1-2H3,(H3-,22,24,25,28,30,31)/b13-3-/t15-,19-/m1/s1. The number of thiazole rings is 1. The third-order valence-corrected chi connectivity index (χ3v) is 8.44. The Hall–Kier alpha value is -3.03. The highest BCUT2D eigenvalue weighted by atomic mass is 32.2. The molecule has 4 heterocycles. The molecular weight excluding hydrogens is 496 g/mol. The minimum atomic E-state index is -1.40. The molecule has 13 heteroatoms. The molecule has 1 fully saturated rings. The summed E-state index contributed by atoms with van der Waals surface area (Å²) in [7, 11) is 1.80. The van der Waals surface area contributed by atoms with Crippen LogP contribution in [-0.4, -0.2) is 57.6 Å². The molecule has 10 nitrogen and oxygen atoms in total. The van der Waals surface area contributed by atoms with E-state index in [1.165, 1.54) is 39.8 Å². The molecule has 4 rings (SSSR count). The number of hydrogen-bond donors (Lipinski definition) is 3. The number of fused-ring (bicyclic) bond motifs is 1. The molecule has 0 aliphatic carbocycles. The normalized spacial score (nSPS) is 20.0. The summed E-state index contributed by atoms with van der Waals surface area (Å²) in [6.45, 7) is 1.70. The number of aliphatic carboxylic acids is 1. The zero-order valence-corrected chi connectivity index (χ0v) is 20.8. The van der Waals surface area contributed by atoms with Crippen molar-refractivity contribution in [2.45, 2.75) is 23.2 Å². The maximum atomic E-state index is 12.9. The summed E-state index contributed by atoms with van der Waals surface area (Å²) in [5.74, 6) is -1.52. The Morgan fingerprint density at radius 3 is 2.74 bits per heavy atom.